The molecule has 0 amide bonds. The molecule has 2 aromatic heterocycles. The van der Waals surface area contributed by atoms with Crippen molar-refractivity contribution in [2.45, 2.75) is 31.2 Å². The van der Waals surface area contributed by atoms with Gasteiger partial charge in [-0.05, 0) is 42.4 Å². The van der Waals surface area contributed by atoms with Gasteiger partial charge in [-0.1, -0.05) is 10.6 Å². The summed E-state index contributed by atoms with van der Waals surface area (Å²) in [6.45, 7) is 0. The van der Waals surface area contributed by atoms with Gasteiger partial charge in [0, 0.05) is 23.2 Å². The average molecular weight is 261 g/mol. The maximum Gasteiger partial charge on any atom is 0.0945 e. The van der Waals surface area contributed by atoms with E-state index in [0.717, 1.165) is 24.2 Å². The molecule has 6 heteroatoms. The first-order valence-corrected chi connectivity index (χ1v) is 6.90. The molecule has 0 bridgehead atoms. The predicted molar refractivity (Wildman–Crippen MR) is 69.9 cm³/mol. The highest BCUT2D eigenvalue weighted by atomic mass is 32.1. The molecule has 2 heterocycles. The number of hydrogen-bond donors (Lipinski definition) is 2. The largest absolute Gasteiger partial charge is 0.271 e. The summed E-state index contributed by atoms with van der Waals surface area (Å²) in [5.74, 6) is 5.99. The third-order valence-electron chi connectivity index (χ3n) is 3.52. The van der Waals surface area contributed by atoms with E-state index in [1.807, 2.05) is 17.6 Å². The lowest BCUT2D eigenvalue weighted by Gasteiger charge is -2.29. The Hall–Kier alpha value is -1.37. The van der Waals surface area contributed by atoms with Crippen molar-refractivity contribution in [1.29, 1.82) is 0 Å². The van der Waals surface area contributed by atoms with Crippen molar-refractivity contribution >= 4 is 11.5 Å². The normalized spacial score (nSPS) is 20.4. The predicted octanol–water partition coefficient (Wildman–Crippen LogP) is 1.56. The molecular weight excluding hydrogens is 246 g/mol. The van der Waals surface area contributed by atoms with Gasteiger partial charge in [0.05, 0.1) is 11.7 Å². The summed E-state index contributed by atoms with van der Waals surface area (Å²) < 4.78 is 3.92. The van der Waals surface area contributed by atoms with Crippen LogP contribution in [0.2, 0.25) is 0 Å². The van der Waals surface area contributed by atoms with Crippen molar-refractivity contribution < 1.29 is 0 Å². The molecule has 0 radical (unpaired) electrons. The molecule has 2 aromatic rings. The molecule has 3 N–H and O–H groups in total. The summed E-state index contributed by atoms with van der Waals surface area (Å²) in [6, 6.07) is 4.15. The molecule has 1 aliphatic rings. The highest BCUT2D eigenvalue weighted by Crippen LogP contribution is 2.38. The fourth-order valence-electron chi connectivity index (χ4n) is 2.68. The van der Waals surface area contributed by atoms with Gasteiger partial charge in [0.15, 0.2) is 0 Å². The highest BCUT2D eigenvalue weighted by Gasteiger charge is 2.30. The smallest absolute Gasteiger partial charge is 0.0945 e. The molecule has 3 rings (SSSR count). The molecule has 5 nitrogen and oxygen atoms in total. The number of aryl methyl sites for hydroxylation is 1. The van der Waals surface area contributed by atoms with Crippen LogP contribution in [0.25, 0.3) is 0 Å². The molecule has 94 valence electrons. The number of fused-ring (bicyclic) bond motifs is 1. The molecule has 0 saturated carbocycles. The van der Waals surface area contributed by atoms with Gasteiger partial charge in [-0.15, -0.1) is 5.10 Å². The van der Waals surface area contributed by atoms with Gasteiger partial charge in [0.25, 0.3) is 0 Å². The van der Waals surface area contributed by atoms with E-state index >= 15 is 0 Å². The Labute approximate surface area is 110 Å². The fourth-order valence-corrected chi connectivity index (χ4v) is 3.18. The topological polar surface area (TPSA) is 76.7 Å². The molecular formula is C12H15N5S. The number of nitrogens with one attached hydrogen (secondary N) is 1. The van der Waals surface area contributed by atoms with Crippen LogP contribution in [-0.2, 0) is 6.42 Å². The maximum atomic E-state index is 5.71. The molecule has 0 saturated heterocycles. The van der Waals surface area contributed by atoms with Crippen LogP contribution in [0.3, 0.4) is 0 Å². The second kappa shape index (κ2) is 5.09. The number of nitrogens with zero attached hydrogens (tertiary/aromatic N) is 3. The Kier molecular flexibility index (Phi) is 3.31. The quantitative estimate of drug-likeness (QED) is 0.647. The van der Waals surface area contributed by atoms with Gasteiger partial charge in [-0.25, -0.2) is 0 Å². The van der Waals surface area contributed by atoms with Crippen LogP contribution in [0, 0.1) is 0 Å². The minimum absolute atomic E-state index is 0.00213. The Morgan fingerprint density at radius 1 is 1.50 bits per heavy atom. The molecule has 0 aliphatic heterocycles. The Morgan fingerprint density at radius 2 is 2.44 bits per heavy atom. The Balaban J connectivity index is 1.97. The van der Waals surface area contributed by atoms with E-state index in [9.17, 15) is 0 Å². The van der Waals surface area contributed by atoms with Crippen molar-refractivity contribution in [2.75, 3.05) is 0 Å². The van der Waals surface area contributed by atoms with Gasteiger partial charge < -0.3 is 0 Å². The van der Waals surface area contributed by atoms with Crippen LogP contribution in [-0.4, -0.2) is 14.6 Å². The first-order chi connectivity index (χ1) is 8.90. The van der Waals surface area contributed by atoms with Crippen molar-refractivity contribution in [3.05, 3.63) is 40.7 Å². The van der Waals surface area contributed by atoms with E-state index in [1.165, 1.54) is 23.5 Å². The fraction of sp³-hybridized carbons (Fsp3) is 0.417. The summed E-state index contributed by atoms with van der Waals surface area (Å²) in [5.41, 5.74) is 6.27. The summed E-state index contributed by atoms with van der Waals surface area (Å²) in [7, 11) is 0. The van der Waals surface area contributed by atoms with Gasteiger partial charge in [0.2, 0.25) is 0 Å². The van der Waals surface area contributed by atoms with Gasteiger partial charge >= 0.3 is 0 Å². The Bertz CT molecular complexity index is 513. The lowest BCUT2D eigenvalue weighted by atomic mass is 9.81. The standard InChI is InChI=1S/C12H15N5S/c13-15-12(10-7-18-17-16-10)9-5-1-3-8-4-2-6-14-11(8)9/h2,4,6-7,9,12,15H,1,3,5,13H2. The van der Waals surface area contributed by atoms with Crippen molar-refractivity contribution in [1.82, 2.24) is 20.0 Å². The van der Waals surface area contributed by atoms with E-state index in [4.69, 9.17) is 5.84 Å². The summed E-state index contributed by atoms with van der Waals surface area (Å²) in [5, 5.41) is 6.08. The molecule has 0 spiro atoms. The van der Waals surface area contributed by atoms with E-state index in [1.54, 1.807) is 0 Å². The lowest BCUT2D eigenvalue weighted by Crippen LogP contribution is -2.34. The van der Waals surface area contributed by atoms with Gasteiger partial charge in [0.1, 0.15) is 0 Å². The average Bonchev–Trinajstić information content (AvgIpc) is 2.94. The maximum absolute atomic E-state index is 5.71. The van der Waals surface area contributed by atoms with Crippen LogP contribution in [0.5, 0.6) is 0 Å². The minimum Gasteiger partial charge on any atom is -0.271 e. The zero-order valence-corrected chi connectivity index (χ0v) is 10.7. The third kappa shape index (κ3) is 2.03. The van der Waals surface area contributed by atoms with E-state index < -0.39 is 0 Å². The second-order valence-electron chi connectivity index (χ2n) is 4.52. The van der Waals surface area contributed by atoms with E-state index in [2.05, 4.69) is 26.1 Å². The zero-order valence-electron chi connectivity index (χ0n) is 9.91. The number of hydrazine groups is 1. The zero-order chi connectivity index (χ0) is 12.4. The number of rotatable bonds is 3. The molecule has 2 atom stereocenters. The summed E-state index contributed by atoms with van der Waals surface area (Å²) in [6.07, 6.45) is 5.20. The van der Waals surface area contributed by atoms with Crippen LogP contribution in [0.1, 0.15) is 41.8 Å². The van der Waals surface area contributed by atoms with Gasteiger partial charge in [-0.3, -0.25) is 16.3 Å². The molecule has 0 aromatic carbocycles. The van der Waals surface area contributed by atoms with E-state index in [0.29, 0.717) is 0 Å². The van der Waals surface area contributed by atoms with Crippen LogP contribution in [0.15, 0.2) is 23.7 Å². The van der Waals surface area contributed by atoms with Crippen molar-refractivity contribution in [3.63, 3.8) is 0 Å². The number of aromatic nitrogens is 3. The minimum atomic E-state index is -0.00213. The first-order valence-electron chi connectivity index (χ1n) is 6.07. The van der Waals surface area contributed by atoms with E-state index in [-0.39, 0.29) is 12.0 Å². The molecule has 2 unspecified atom stereocenters. The first kappa shape index (κ1) is 11.7. The summed E-state index contributed by atoms with van der Waals surface area (Å²) in [4.78, 5) is 4.54. The number of hydrogen-bond acceptors (Lipinski definition) is 6. The van der Waals surface area contributed by atoms with Gasteiger partial charge in [-0.2, -0.15) is 0 Å². The SMILES string of the molecule is NNC(c1csnn1)C1CCCc2cccnc21. The highest BCUT2D eigenvalue weighted by molar-refractivity contribution is 7.03. The molecule has 1 aliphatic carbocycles. The molecule has 0 fully saturated rings. The van der Waals surface area contributed by atoms with Crippen molar-refractivity contribution in [3.8, 4) is 0 Å². The monoisotopic (exact) mass is 261 g/mol. The molecule has 18 heavy (non-hydrogen) atoms. The number of nitrogens with two attached hydrogens (primary N) is 1. The third-order valence-corrected chi connectivity index (χ3v) is 4.04. The Morgan fingerprint density at radius 3 is 3.22 bits per heavy atom. The van der Waals surface area contributed by atoms with Crippen LogP contribution >= 0.6 is 11.5 Å². The second-order valence-corrected chi connectivity index (χ2v) is 5.13. The van der Waals surface area contributed by atoms with Crippen molar-refractivity contribution in [2.24, 2.45) is 5.84 Å². The summed E-state index contributed by atoms with van der Waals surface area (Å²) >= 11 is 1.35. The van der Waals surface area contributed by atoms with Crippen LogP contribution < -0.4 is 11.3 Å². The lowest BCUT2D eigenvalue weighted by molar-refractivity contribution is 0.393. The number of pyridine rings is 1. The van der Waals surface area contributed by atoms with Crippen LogP contribution in [0.4, 0.5) is 0 Å².